The van der Waals surface area contributed by atoms with E-state index in [9.17, 15) is 9.50 Å². The van der Waals surface area contributed by atoms with E-state index in [1.165, 1.54) is 6.07 Å². The number of aliphatic hydroxyl groups excluding tert-OH is 1. The van der Waals surface area contributed by atoms with Crippen molar-refractivity contribution in [2.75, 3.05) is 7.11 Å². The first-order chi connectivity index (χ1) is 10.9. The van der Waals surface area contributed by atoms with Gasteiger partial charge in [-0.3, -0.25) is 0 Å². The van der Waals surface area contributed by atoms with Crippen LogP contribution >= 0.6 is 0 Å². The van der Waals surface area contributed by atoms with E-state index in [2.05, 4.69) is 20.8 Å². The lowest BCUT2D eigenvalue weighted by molar-refractivity contribution is 0.281. The largest absolute Gasteiger partial charge is 0.497 e. The third-order valence-electron chi connectivity index (χ3n) is 3.54. The normalized spacial score (nSPS) is 10.8. The van der Waals surface area contributed by atoms with Crippen molar-refractivity contribution >= 4 is 0 Å². The molecule has 0 aliphatic rings. The van der Waals surface area contributed by atoms with Gasteiger partial charge in [-0.2, -0.15) is 0 Å². The molecule has 0 aliphatic heterocycles. The third-order valence-corrected chi connectivity index (χ3v) is 3.54. The van der Waals surface area contributed by atoms with Crippen molar-refractivity contribution in [3.63, 3.8) is 0 Å². The number of halogens is 1. The Labute approximate surface area is 138 Å². The highest BCUT2D eigenvalue weighted by atomic mass is 19.1. The van der Waals surface area contributed by atoms with Gasteiger partial charge < -0.3 is 9.84 Å². The van der Waals surface area contributed by atoms with Gasteiger partial charge in [-0.05, 0) is 40.3 Å². The van der Waals surface area contributed by atoms with E-state index in [0.29, 0.717) is 11.3 Å². The molecule has 23 heavy (non-hydrogen) atoms. The van der Waals surface area contributed by atoms with Crippen molar-refractivity contribution in [1.82, 2.24) is 0 Å². The van der Waals surface area contributed by atoms with E-state index in [0.717, 1.165) is 16.7 Å². The zero-order valence-electron chi connectivity index (χ0n) is 14.9. The van der Waals surface area contributed by atoms with Gasteiger partial charge in [-0.1, -0.05) is 52.8 Å². The maximum absolute atomic E-state index is 14.2. The number of aliphatic hydroxyl groups is 1. The fourth-order valence-electron chi connectivity index (χ4n) is 2.38. The van der Waals surface area contributed by atoms with E-state index < -0.39 is 0 Å². The molecule has 1 N–H and O–H groups in total. The maximum atomic E-state index is 14.2. The molecule has 2 rings (SSSR count). The van der Waals surface area contributed by atoms with Crippen LogP contribution in [-0.2, 0) is 12.0 Å². The summed E-state index contributed by atoms with van der Waals surface area (Å²) in [5, 5.41) is 9.33. The summed E-state index contributed by atoms with van der Waals surface area (Å²) in [6, 6.07) is 10.4. The SMILES string of the molecule is CC.COc1ccc(F)c(-c2ccc(CO)cc2C(C)(C)C)c1. The zero-order chi connectivity index (χ0) is 17.6. The molecule has 0 aliphatic carbocycles. The standard InChI is InChI=1S/C18H21FO2.C2H6/c1-18(2,3)16-9-12(11-20)5-7-14(16)15-10-13(21-4)6-8-17(15)19;1-2/h5-10,20H,11H2,1-4H3;1-2H3. The van der Waals surface area contributed by atoms with Crippen molar-refractivity contribution in [3.05, 3.63) is 53.3 Å². The first-order valence-electron chi connectivity index (χ1n) is 7.95. The fourth-order valence-corrected chi connectivity index (χ4v) is 2.38. The van der Waals surface area contributed by atoms with Gasteiger partial charge in [-0.25, -0.2) is 4.39 Å². The van der Waals surface area contributed by atoms with E-state index in [1.54, 1.807) is 19.2 Å². The molecule has 0 heterocycles. The molecule has 0 saturated carbocycles. The molecule has 2 aromatic rings. The molecule has 126 valence electrons. The van der Waals surface area contributed by atoms with Crippen LogP contribution in [0.5, 0.6) is 5.75 Å². The minimum Gasteiger partial charge on any atom is -0.497 e. The Bertz CT molecular complexity index is 643. The summed E-state index contributed by atoms with van der Waals surface area (Å²) in [4.78, 5) is 0. The summed E-state index contributed by atoms with van der Waals surface area (Å²) in [5.41, 5.74) is 3.02. The molecule has 0 bridgehead atoms. The van der Waals surface area contributed by atoms with Crippen LogP contribution < -0.4 is 4.74 Å². The van der Waals surface area contributed by atoms with Gasteiger partial charge in [-0.15, -0.1) is 0 Å². The Hall–Kier alpha value is -1.87. The smallest absolute Gasteiger partial charge is 0.131 e. The molecule has 0 amide bonds. The lowest BCUT2D eigenvalue weighted by Gasteiger charge is -2.24. The quantitative estimate of drug-likeness (QED) is 0.830. The van der Waals surface area contributed by atoms with Gasteiger partial charge >= 0.3 is 0 Å². The van der Waals surface area contributed by atoms with Crippen molar-refractivity contribution < 1.29 is 14.2 Å². The monoisotopic (exact) mass is 318 g/mol. The Morgan fingerprint density at radius 3 is 2.17 bits per heavy atom. The summed E-state index contributed by atoms with van der Waals surface area (Å²) in [5.74, 6) is 0.343. The van der Waals surface area contributed by atoms with Gasteiger partial charge in [0.15, 0.2) is 0 Å². The number of hydrogen-bond acceptors (Lipinski definition) is 2. The molecule has 0 radical (unpaired) electrons. The number of methoxy groups -OCH3 is 1. The summed E-state index contributed by atoms with van der Waals surface area (Å²) >= 11 is 0. The number of benzene rings is 2. The lowest BCUT2D eigenvalue weighted by Crippen LogP contribution is -2.13. The average molecular weight is 318 g/mol. The predicted octanol–water partition coefficient (Wildman–Crippen LogP) is 5.32. The van der Waals surface area contributed by atoms with Crippen molar-refractivity contribution in [3.8, 4) is 16.9 Å². The van der Waals surface area contributed by atoms with E-state index in [4.69, 9.17) is 4.74 Å². The van der Waals surface area contributed by atoms with Crippen LogP contribution in [0.25, 0.3) is 11.1 Å². The second kappa shape index (κ2) is 8.11. The Balaban J connectivity index is 0.00000127. The van der Waals surface area contributed by atoms with Gasteiger partial charge in [0.1, 0.15) is 11.6 Å². The van der Waals surface area contributed by atoms with Crippen LogP contribution in [-0.4, -0.2) is 12.2 Å². The minimum absolute atomic E-state index is 0.0239. The molecule has 0 atom stereocenters. The molecule has 0 aromatic heterocycles. The lowest BCUT2D eigenvalue weighted by atomic mass is 9.81. The fraction of sp³-hybridized carbons (Fsp3) is 0.400. The Morgan fingerprint density at radius 2 is 1.65 bits per heavy atom. The van der Waals surface area contributed by atoms with Gasteiger partial charge in [0.25, 0.3) is 0 Å². The van der Waals surface area contributed by atoms with E-state index >= 15 is 0 Å². The summed E-state index contributed by atoms with van der Waals surface area (Å²) in [7, 11) is 1.57. The number of ether oxygens (including phenoxy) is 1. The molecule has 0 saturated heterocycles. The summed E-state index contributed by atoms with van der Waals surface area (Å²) < 4.78 is 19.4. The Kier molecular flexibility index (Phi) is 6.77. The van der Waals surface area contributed by atoms with Crippen molar-refractivity contribution in [1.29, 1.82) is 0 Å². The molecule has 3 heteroatoms. The Morgan fingerprint density at radius 1 is 1.00 bits per heavy atom. The highest BCUT2D eigenvalue weighted by molar-refractivity contribution is 5.71. The first-order valence-corrected chi connectivity index (χ1v) is 7.95. The maximum Gasteiger partial charge on any atom is 0.131 e. The molecular weight excluding hydrogens is 291 g/mol. The summed E-state index contributed by atoms with van der Waals surface area (Å²) in [6.07, 6.45) is 0. The zero-order valence-corrected chi connectivity index (χ0v) is 14.9. The van der Waals surface area contributed by atoms with E-state index in [1.807, 2.05) is 32.0 Å². The second-order valence-corrected chi connectivity index (χ2v) is 6.13. The molecule has 0 unspecified atom stereocenters. The highest BCUT2D eigenvalue weighted by Crippen LogP contribution is 2.36. The number of rotatable bonds is 3. The van der Waals surface area contributed by atoms with E-state index in [-0.39, 0.29) is 17.8 Å². The van der Waals surface area contributed by atoms with Crippen LogP contribution in [0.15, 0.2) is 36.4 Å². The second-order valence-electron chi connectivity index (χ2n) is 6.13. The van der Waals surface area contributed by atoms with Crippen molar-refractivity contribution in [2.45, 2.75) is 46.6 Å². The van der Waals surface area contributed by atoms with Crippen LogP contribution in [0, 0.1) is 5.82 Å². The molecular formula is C20H27FO2. The topological polar surface area (TPSA) is 29.5 Å². The van der Waals surface area contributed by atoms with Gasteiger partial charge in [0, 0.05) is 5.56 Å². The number of hydrogen-bond donors (Lipinski definition) is 1. The van der Waals surface area contributed by atoms with Crippen molar-refractivity contribution in [2.24, 2.45) is 0 Å². The highest BCUT2D eigenvalue weighted by Gasteiger charge is 2.21. The van der Waals surface area contributed by atoms with Crippen LogP contribution in [0.4, 0.5) is 4.39 Å². The molecule has 2 nitrogen and oxygen atoms in total. The molecule has 0 fully saturated rings. The first kappa shape index (κ1) is 19.2. The minimum atomic E-state index is -0.280. The van der Waals surface area contributed by atoms with Crippen LogP contribution in [0.2, 0.25) is 0 Å². The third kappa shape index (κ3) is 4.55. The van der Waals surface area contributed by atoms with Crippen LogP contribution in [0.3, 0.4) is 0 Å². The van der Waals surface area contributed by atoms with Gasteiger partial charge in [0.2, 0.25) is 0 Å². The van der Waals surface area contributed by atoms with Crippen LogP contribution in [0.1, 0.15) is 45.7 Å². The predicted molar refractivity (Wildman–Crippen MR) is 94.4 cm³/mol. The molecule has 2 aromatic carbocycles. The average Bonchev–Trinajstić information content (AvgIpc) is 2.56. The summed E-state index contributed by atoms with van der Waals surface area (Å²) in [6.45, 7) is 10.2. The molecule has 0 spiro atoms. The van der Waals surface area contributed by atoms with Gasteiger partial charge in [0.05, 0.1) is 13.7 Å².